The lowest BCUT2D eigenvalue weighted by atomic mass is 10.0. The van der Waals surface area contributed by atoms with E-state index in [-0.39, 0.29) is 0 Å². The molecule has 4 heteroatoms. The van der Waals surface area contributed by atoms with Crippen molar-refractivity contribution in [3.05, 3.63) is 77.5 Å². The van der Waals surface area contributed by atoms with Crippen LogP contribution in [0.2, 0.25) is 0 Å². The second-order valence-corrected chi connectivity index (χ2v) is 4.86. The minimum absolute atomic E-state index is 0.562. The maximum Gasteiger partial charge on any atom is 0.416 e. The highest BCUT2D eigenvalue weighted by Crippen LogP contribution is 2.29. The second-order valence-electron chi connectivity index (χ2n) is 4.86. The minimum Gasteiger partial charge on any atom is -0.256 e. The average molecular weight is 287 g/mol. The van der Waals surface area contributed by atoms with Crippen molar-refractivity contribution in [1.29, 1.82) is 0 Å². The van der Waals surface area contributed by atoms with Crippen molar-refractivity contribution < 1.29 is 13.2 Å². The summed E-state index contributed by atoms with van der Waals surface area (Å²) in [6.07, 6.45) is -2.01. The maximum atomic E-state index is 12.5. The van der Waals surface area contributed by atoms with Gasteiger partial charge in [-0.3, -0.25) is 4.98 Å². The number of halogens is 3. The van der Waals surface area contributed by atoms with E-state index in [9.17, 15) is 13.2 Å². The summed E-state index contributed by atoms with van der Waals surface area (Å²) in [6.45, 7) is 0. The highest BCUT2D eigenvalue weighted by Gasteiger charge is 2.29. The number of hydrogen-bond donors (Lipinski definition) is 0. The predicted molar refractivity (Wildman–Crippen MR) is 76.0 cm³/mol. The predicted octanol–water partition coefficient (Wildman–Crippen LogP) is 4.84. The van der Waals surface area contributed by atoms with Gasteiger partial charge in [0.05, 0.1) is 11.1 Å². The van der Waals surface area contributed by atoms with Gasteiger partial charge in [-0.15, -0.1) is 0 Å². The van der Waals surface area contributed by atoms with Crippen molar-refractivity contribution >= 4 is 10.9 Å². The van der Waals surface area contributed by atoms with E-state index in [0.29, 0.717) is 6.42 Å². The molecule has 106 valence electrons. The van der Waals surface area contributed by atoms with Crippen molar-refractivity contribution in [1.82, 2.24) is 4.98 Å². The van der Waals surface area contributed by atoms with Crippen LogP contribution in [0.3, 0.4) is 0 Å². The third-order valence-corrected chi connectivity index (χ3v) is 3.39. The first-order chi connectivity index (χ1) is 10.0. The third-order valence-electron chi connectivity index (χ3n) is 3.39. The quantitative estimate of drug-likeness (QED) is 0.657. The topological polar surface area (TPSA) is 12.9 Å². The number of pyridine rings is 1. The zero-order chi connectivity index (χ0) is 14.9. The van der Waals surface area contributed by atoms with E-state index in [2.05, 4.69) is 4.98 Å². The highest BCUT2D eigenvalue weighted by atomic mass is 19.4. The molecule has 0 N–H and O–H groups in total. The highest BCUT2D eigenvalue weighted by molar-refractivity contribution is 5.81. The largest absolute Gasteiger partial charge is 0.416 e. The number of rotatable bonds is 2. The van der Waals surface area contributed by atoms with Crippen molar-refractivity contribution in [2.45, 2.75) is 12.6 Å². The Bertz CT molecular complexity index is 756. The fourth-order valence-electron chi connectivity index (χ4n) is 2.34. The standard InChI is InChI=1S/C17H12F3N/c18-17(19,20)15-8-6-12(7-9-15)11-14-4-1-3-13-5-2-10-21-16(13)14/h1-10H,11H2. The fraction of sp³-hybridized carbons (Fsp3) is 0.118. The summed E-state index contributed by atoms with van der Waals surface area (Å²) in [4.78, 5) is 4.35. The summed E-state index contributed by atoms with van der Waals surface area (Å²) < 4.78 is 37.6. The van der Waals surface area contributed by atoms with Crippen LogP contribution in [0.4, 0.5) is 13.2 Å². The molecule has 1 nitrogen and oxygen atoms in total. The van der Waals surface area contributed by atoms with E-state index in [0.717, 1.165) is 34.2 Å². The number of nitrogens with zero attached hydrogens (tertiary/aromatic N) is 1. The van der Waals surface area contributed by atoms with Gasteiger partial charge in [0.25, 0.3) is 0 Å². The van der Waals surface area contributed by atoms with E-state index in [1.54, 1.807) is 6.20 Å². The van der Waals surface area contributed by atoms with E-state index in [1.165, 1.54) is 12.1 Å². The molecule has 0 saturated heterocycles. The van der Waals surface area contributed by atoms with Gasteiger partial charge in [-0.05, 0) is 35.7 Å². The lowest BCUT2D eigenvalue weighted by Gasteiger charge is -2.09. The monoisotopic (exact) mass is 287 g/mol. The molecular weight excluding hydrogens is 275 g/mol. The molecule has 2 aromatic carbocycles. The van der Waals surface area contributed by atoms with Crippen LogP contribution in [-0.2, 0) is 12.6 Å². The molecule has 0 aliphatic heterocycles. The fourth-order valence-corrected chi connectivity index (χ4v) is 2.34. The second kappa shape index (κ2) is 5.20. The first kappa shape index (κ1) is 13.6. The molecule has 0 amide bonds. The summed E-state index contributed by atoms with van der Waals surface area (Å²) in [5.41, 5.74) is 2.11. The molecule has 0 unspecified atom stereocenters. The Balaban J connectivity index is 1.92. The van der Waals surface area contributed by atoms with Gasteiger partial charge in [0.1, 0.15) is 0 Å². The van der Waals surface area contributed by atoms with Gasteiger partial charge in [-0.2, -0.15) is 13.2 Å². The number of aromatic nitrogens is 1. The third kappa shape index (κ3) is 2.89. The first-order valence-corrected chi connectivity index (χ1v) is 6.53. The molecule has 1 aromatic heterocycles. The maximum absolute atomic E-state index is 12.5. The van der Waals surface area contributed by atoms with E-state index >= 15 is 0 Å². The lowest BCUT2D eigenvalue weighted by Crippen LogP contribution is -2.04. The average Bonchev–Trinajstić information content (AvgIpc) is 2.47. The molecule has 0 spiro atoms. The zero-order valence-electron chi connectivity index (χ0n) is 11.1. The smallest absolute Gasteiger partial charge is 0.256 e. The van der Waals surface area contributed by atoms with Crippen molar-refractivity contribution in [3.8, 4) is 0 Å². The number of hydrogen-bond acceptors (Lipinski definition) is 1. The van der Waals surface area contributed by atoms with Crippen LogP contribution in [0.15, 0.2) is 60.8 Å². The first-order valence-electron chi connectivity index (χ1n) is 6.53. The van der Waals surface area contributed by atoms with E-state index < -0.39 is 11.7 Å². The Morgan fingerprint density at radius 3 is 2.29 bits per heavy atom. The molecule has 1 heterocycles. The lowest BCUT2D eigenvalue weighted by molar-refractivity contribution is -0.137. The number of fused-ring (bicyclic) bond motifs is 1. The van der Waals surface area contributed by atoms with Gasteiger partial charge in [0, 0.05) is 11.6 Å². The van der Waals surface area contributed by atoms with Crippen LogP contribution in [0.5, 0.6) is 0 Å². The van der Waals surface area contributed by atoms with E-state index in [1.807, 2.05) is 30.3 Å². The number of alkyl halides is 3. The van der Waals surface area contributed by atoms with Gasteiger partial charge in [0.2, 0.25) is 0 Å². The molecule has 0 atom stereocenters. The summed E-state index contributed by atoms with van der Waals surface area (Å²) in [7, 11) is 0. The Hall–Kier alpha value is -2.36. The Labute approximate surface area is 120 Å². The number of para-hydroxylation sites is 1. The van der Waals surface area contributed by atoms with Gasteiger partial charge < -0.3 is 0 Å². The van der Waals surface area contributed by atoms with Crippen LogP contribution >= 0.6 is 0 Å². The molecule has 0 aliphatic rings. The molecule has 0 saturated carbocycles. The van der Waals surface area contributed by atoms with Crippen LogP contribution in [0.1, 0.15) is 16.7 Å². The molecule has 3 aromatic rings. The van der Waals surface area contributed by atoms with E-state index in [4.69, 9.17) is 0 Å². The molecule has 0 aliphatic carbocycles. The normalized spacial score (nSPS) is 11.8. The summed E-state index contributed by atoms with van der Waals surface area (Å²) in [5.74, 6) is 0. The zero-order valence-corrected chi connectivity index (χ0v) is 11.1. The molecule has 21 heavy (non-hydrogen) atoms. The van der Waals surface area contributed by atoms with Gasteiger partial charge in [0.15, 0.2) is 0 Å². The molecule has 3 rings (SSSR count). The van der Waals surface area contributed by atoms with Crippen LogP contribution in [0, 0.1) is 0 Å². The molecule has 0 bridgehead atoms. The Kier molecular flexibility index (Phi) is 3.37. The minimum atomic E-state index is -4.29. The molecular formula is C17H12F3N. The Morgan fingerprint density at radius 1 is 0.857 bits per heavy atom. The molecule has 0 radical (unpaired) electrons. The van der Waals surface area contributed by atoms with Crippen molar-refractivity contribution in [2.24, 2.45) is 0 Å². The van der Waals surface area contributed by atoms with Gasteiger partial charge in [-0.1, -0.05) is 36.4 Å². The Morgan fingerprint density at radius 2 is 1.57 bits per heavy atom. The van der Waals surface area contributed by atoms with Crippen LogP contribution in [0.25, 0.3) is 10.9 Å². The molecule has 0 fully saturated rings. The van der Waals surface area contributed by atoms with Gasteiger partial charge in [-0.25, -0.2) is 0 Å². The van der Waals surface area contributed by atoms with Gasteiger partial charge >= 0.3 is 6.18 Å². The van der Waals surface area contributed by atoms with Crippen LogP contribution < -0.4 is 0 Å². The van der Waals surface area contributed by atoms with Crippen molar-refractivity contribution in [2.75, 3.05) is 0 Å². The van der Waals surface area contributed by atoms with Crippen LogP contribution in [-0.4, -0.2) is 4.98 Å². The number of benzene rings is 2. The SMILES string of the molecule is FC(F)(F)c1ccc(Cc2cccc3cccnc23)cc1. The van der Waals surface area contributed by atoms with Crippen molar-refractivity contribution in [3.63, 3.8) is 0 Å². The summed E-state index contributed by atoms with van der Waals surface area (Å²) in [6, 6.07) is 15.0. The summed E-state index contributed by atoms with van der Waals surface area (Å²) >= 11 is 0. The summed E-state index contributed by atoms with van der Waals surface area (Å²) in [5, 5.41) is 1.03.